The van der Waals surface area contributed by atoms with Gasteiger partial charge in [-0.25, -0.2) is 0 Å². The molecule has 0 saturated heterocycles. The SMILES string of the molecule is CC(C)=CCCC(C)(O)CCCC(C)(O)CCCC(C)(O)CCCC(C)(O)CCCC(C)(O)CCCC(C)(O)C(O)CCC(C)=CCCC(C)=CCO. The summed E-state index contributed by atoms with van der Waals surface area (Å²) in [7, 11) is 0. The van der Waals surface area contributed by atoms with Crippen molar-refractivity contribution >= 4 is 0 Å². The molecule has 0 amide bonds. The first-order chi connectivity index (χ1) is 24.2. The minimum atomic E-state index is -1.24. The summed E-state index contributed by atoms with van der Waals surface area (Å²) in [5.74, 6) is 0. The Labute approximate surface area is 325 Å². The average molecular weight is 755 g/mol. The zero-order valence-electron chi connectivity index (χ0n) is 35.9. The molecule has 0 aliphatic heterocycles. The van der Waals surface area contributed by atoms with Gasteiger partial charge in [-0.15, -0.1) is 0 Å². The van der Waals surface area contributed by atoms with Crippen molar-refractivity contribution in [2.45, 2.75) is 244 Å². The van der Waals surface area contributed by atoms with Crippen LogP contribution in [0.5, 0.6) is 0 Å². The van der Waals surface area contributed by atoms with Crippen molar-refractivity contribution in [1.29, 1.82) is 0 Å². The fourth-order valence-corrected chi connectivity index (χ4v) is 7.27. The van der Waals surface area contributed by atoms with Crippen LogP contribution < -0.4 is 0 Å². The van der Waals surface area contributed by atoms with Crippen LogP contribution in [0.25, 0.3) is 0 Å². The number of hydrogen-bond acceptors (Lipinski definition) is 8. The van der Waals surface area contributed by atoms with E-state index in [2.05, 4.69) is 26.0 Å². The van der Waals surface area contributed by atoms with Gasteiger partial charge in [0.25, 0.3) is 0 Å². The maximum atomic E-state index is 11.0. The van der Waals surface area contributed by atoms with E-state index >= 15 is 0 Å². The molecule has 0 radical (unpaired) electrons. The third kappa shape index (κ3) is 28.0. The van der Waals surface area contributed by atoms with E-state index in [4.69, 9.17) is 5.11 Å². The van der Waals surface area contributed by atoms with Gasteiger partial charge in [0.05, 0.1) is 46.3 Å². The van der Waals surface area contributed by atoms with Crippen LogP contribution in [0, 0.1) is 0 Å². The second kappa shape index (κ2) is 24.5. The largest absolute Gasteiger partial charge is 0.392 e. The summed E-state index contributed by atoms with van der Waals surface area (Å²) in [6.45, 7) is 19.0. The van der Waals surface area contributed by atoms with Gasteiger partial charge in [0, 0.05) is 0 Å². The molecule has 0 rings (SSSR count). The molecule has 0 aromatic rings. The number of rotatable bonds is 31. The van der Waals surface area contributed by atoms with Gasteiger partial charge in [0.1, 0.15) is 0 Å². The van der Waals surface area contributed by atoms with Gasteiger partial charge in [0.15, 0.2) is 0 Å². The van der Waals surface area contributed by atoms with E-state index in [9.17, 15) is 35.7 Å². The fourth-order valence-electron chi connectivity index (χ4n) is 7.27. The summed E-state index contributed by atoms with van der Waals surface area (Å²) < 4.78 is 0. The van der Waals surface area contributed by atoms with E-state index in [0.717, 1.165) is 31.3 Å². The quantitative estimate of drug-likeness (QED) is 0.0326. The van der Waals surface area contributed by atoms with Gasteiger partial charge in [-0.05, 0) is 204 Å². The zero-order valence-corrected chi connectivity index (χ0v) is 35.9. The van der Waals surface area contributed by atoms with Crippen molar-refractivity contribution in [2.75, 3.05) is 6.61 Å². The van der Waals surface area contributed by atoms with E-state index < -0.39 is 39.7 Å². The molecule has 0 bridgehead atoms. The summed E-state index contributed by atoms with van der Waals surface area (Å²) >= 11 is 0. The number of aliphatic hydroxyl groups is 8. The van der Waals surface area contributed by atoms with E-state index in [1.54, 1.807) is 13.8 Å². The van der Waals surface area contributed by atoms with Crippen molar-refractivity contribution in [3.05, 3.63) is 34.9 Å². The second-order valence-electron chi connectivity index (χ2n) is 18.8. The molecule has 0 fully saturated rings. The van der Waals surface area contributed by atoms with Crippen LogP contribution >= 0.6 is 0 Å². The molecule has 53 heavy (non-hydrogen) atoms. The van der Waals surface area contributed by atoms with Crippen LogP contribution in [-0.2, 0) is 0 Å². The lowest BCUT2D eigenvalue weighted by Gasteiger charge is -2.32. The van der Waals surface area contributed by atoms with Crippen LogP contribution in [0.4, 0.5) is 0 Å². The Morgan fingerprint density at radius 1 is 0.453 bits per heavy atom. The van der Waals surface area contributed by atoms with Crippen LogP contribution in [-0.4, -0.2) is 87.2 Å². The lowest BCUT2D eigenvalue weighted by atomic mass is 9.83. The standard InChI is InChI=1S/C45H86O8/c1-36(2)18-12-24-40(5,48)25-13-26-41(6,49)27-14-28-42(7,50)29-15-30-43(8,51)31-16-32-44(9,52)33-17-34-45(10,53)39(47)22-21-37(3)19-11-20-38(4)23-35-46/h18-19,23,39,46-53H,11-17,20-22,24-35H2,1-10H3. The first-order valence-electron chi connectivity index (χ1n) is 20.8. The molecule has 0 aliphatic rings. The van der Waals surface area contributed by atoms with Crippen molar-refractivity contribution in [1.82, 2.24) is 0 Å². The third-order valence-electron chi connectivity index (χ3n) is 11.4. The van der Waals surface area contributed by atoms with Crippen LogP contribution in [0.1, 0.15) is 204 Å². The molecule has 314 valence electrons. The highest BCUT2D eigenvalue weighted by Crippen LogP contribution is 2.32. The zero-order chi connectivity index (χ0) is 41.0. The summed E-state index contributed by atoms with van der Waals surface area (Å²) in [5, 5.41) is 85.3. The lowest BCUT2D eigenvalue weighted by molar-refractivity contribution is -0.0746. The topological polar surface area (TPSA) is 162 Å². The van der Waals surface area contributed by atoms with E-state index in [1.807, 2.05) is 47.6 Å². The molecule has 0 aromatic carbocycles. The fraction of sp³-hybridized carbons (Fsp3) is 0.867. The number of aliphatic hydroxyl groups excluding tert-OH is 2. The van der Waals surface area contributed by atoms with Crippen molar-refractivity contribution in [3.63, 3.8) is 0 Å². The molecule has 8 N–H and O–H groups in total. The van der Waals surface area contributed by atoms with Crippen LogP contribution in [0.2, 0.25) is 0 Å². The highest BCUT2D eigenvalue weighted by atomic mass is 16.3. The molecule has 7 unspecified atom stereocenters. The summed E-state index contributed by atoms with van der Waals surface area (Å²) in [5.41, 5.74) is -1.97. The molecule has 8 heteroatoms. The Balaban J connectivity index is 4.45. The Kier molecular flexibility index (Phi) is 24.0. The van der Waals surface area contributed by atoms with E-state index in [1.165, 1.54) is 11.1 Å². The first-order valence-corrected chi connectivity index (χ1v) is 20.8. The molecule has 0 heterocycles. The van der Waals surface area contributed by atoms with E-state index in [0.29, 0.717) is 109 Å². The number of hydrogen-bond donors (Lipinski definition) is 8. The maximum absolute atomic E-state index is 11.0. The van der Waals surface area contributed by atoms with Crippen LogP contribution in [0.15, 0.2) is 34.9 Å². The van der Waals surface area contributed by atoms with Gasteiger partial charge >= 0.3 is 0 Å². The van der Waals surface area contributed by atoms with Gasteiger partial charge in [-0.2, -0.15) is 0 Å². The van der Waals surface area contributed by atoms with Gasteiger partial charge in [-0.1, -0.05) is 34.9 Å². The van der Waals surface area contributed by atoms with Crippen molar-refractivity contribution in [3.8, 4) is 0 Å². The predicted molar refractivity (Wildman–Crippen MR) is 221 cm³/mol. The predicted octanol–water partition coefficient (Wildman–Crippen LogP) is 8.90. The minimum Gasteiger partial charge on any atom is -0.392 e. The number of allylic oxidation sites excluding steroid dienone is 5. The summed E-state index contributed by atoms with van der Waals surface area (Å²) in [6.07, 6.45) is 18.5. The van der Waals surface area contributed by atoms with Gasteiger partial charge in [0.2, 0.25) is 0 Å². The Morgan fingerprint density at radius 2 is 0.792 bits per heavy atom. The normalized spacial score (nSPS) is 20.3. The van der Waals surface area contributed by atoms with Crippen LogP contribution in [0.3, 0.4) is 0 Å². The molecule has 0 spiro atoms. The highest BCUT2D eigenvalue weighted by Gasteiger charge is 2.32. The lowest BCUT2D eigenvalue weighted by Crippen LogP contribution is -2.39. The minimum absolute atomic E-state index is 0.0565. The average Bonchev–Trinajstić information content (AvgIpc) is 2.98. The molecular weight excluding hydrogens is 668 g/mol. The first kappa shape index (κ1) is 51.9. The molecule has 0 aromatic heterocycles. The van der Waals surface area contributed by atoms with Crippen molar-refractivity contribution in [2.24, 2.45) is 0 Å². The summed E-state index contributed by atoms with van der Waals surface area (Å²) in [6, 6.07) is 0. The van der Waals surface area contributed by atoms with Gasteiger partial charge in [-0.3, -0.25) is 0 Å². The second-order valence-corrected chi connectivity index (χ2v) is 18.8. The Morgan fingerprint density at radius 3 is 1.15 bits per heavy atom. The van der Waals surface area contributed by atoms with E-state index in [-0.39, 0.29) is 6.61 Å². The Hall–Kier alpha value is -1.10. The molecule has 8 nitrogen and oxygen atoms in total. The maximum Gasteiger partial charge on any atom is 0.0877 e. The van der Waals surface area contributed by atoms with Gasteiger partial charge < -0.3 is 40.9 Å². The van der Waals surface area contributed by atoms with Crippen molar-refractivity contribution < 1.29 is 40.9 Å². The Bertz CT molecular complexity index is 1080. The smallest absolute Gasteiger partial charge is 0.0877 e. The summed E-state index contributed by atoms with van der Waals surface area (Å²) in [4.78, 5) is 0. The monoisotopic (exact) mass is 755 g/mol. The molecular formula is C45H86O8. The molecule has 0 aliphatic carbocycles. The molecule has 0 saturated carbocycles. The molecule has 7 atom stereocenters. The highest BCUT2D eigenvalue weighted by molar-refractivity contribution is 5.04. The third-order valence-corrected chi connectivity index (χ3v) is 11.4.